The average molecular weight is 493 g/mol. The number of rotatable bonds is 8. The van der Waals surface area contributed by atoms with E-state index < -0.39 is 21.7 Å². The molecule has 0 bridgehead atoms. The number of amides is 1. The van der Waals surface area contributed by atoms with Crippen molar-refractivity contribution in [2.45, 2.75) is 11.4 Å². The lowest BCUT2D eigenvalue weighted by atomic mass is 10.1. The average Bonchev–Trinajstić information content (AvgIpc) is 2.78. The fraction of sp³-hybridized carbons (Fsp3) is 0.174. The lowest BCUT2D eigenvalue weighted by Gasteiger charge is -2.18. The van der Waals surface area contributed by atoms with Gasteiger partial charge in [-0.3, -0.25) is 9.52 Å². The summed E-state index contributed by atoms with van der Waals surface area (Å²) in [5, 5.41) is 0.328. The molecule has 0 saturated heterocycles. The van der Waals surface area contributed by atoms with E-state index >= 15 is 0 Å². The zero-order valence-electron chi connectivity index (χ0n) is 18.1. The Hall–Kier alpha value is -3.30. The molecule has 1 amide bonds. The van der Waals surface area contributed by atoms with Gasteiger partial charge < -0.3 is 14.4 Å². The van der Waals surface area contributed by atoms with E-state index in [4.69, 9.17) is 21.1 Å². The first kappa shape index (κ1) is 24.3. The third kappa shape index (κ3) is 5.74. The van der Waals surface area contributed by atoms with E-state index in [-0.39, 0.29) is 28.4 Å². The zero-order chi connectivity index (χ0) is 24.2. The monoisotopic (exact) mass is 492 g/mol. The van der Waals surface area contributed by atoms with Crippen LogP contribution in [0.25, 0.3) is 0 Å². The third-order valence-corrected chi connectivity index (χ3v) is 6.38. The van der Waals surface area contributed by atoms with Crippen LogP contribution in [0.2, 0.25) is 5.02 Å². The largest absolute Gasteiger partial charge is 0.495 e. The molecule has 0 heterocycles. The second-order valence-electron chi connectivity index (χ2n) is 7.11. The number of carbonyl (C=O) groups excluding carboxylic acids is 1. The summed E-state index contributed by atoms with van der Waals surface area (Å²) in [6.07, 6.45) is 0. The summed E-state index contributed by atoms with van der Waals surface area (Å²) in [6.45, 7) is 0.120. The highest BCUT2D eigenvalue weighted by Gasteiger charge is 2.20. The summed E-state index contributed by atoms with van der Waals surface area (Å²) in [7, 11) is 0.278. The van der Waals surface area contributed by atoms with Crippen LogP contribution in [0.1, 0.15) is 15.9 Å². The second-order valence-corrected chi connectivity index (χ2v) is 9.23. The fourth-order valence-corrected chi connectivity index (χ4v) is 4.41. The van der Waals surface area contributed by atoms with Gasteiger partial charge in [-0.25, -0.2) is 12.8 Å². The number of nitrogens with zero attached hydrogens (tertiary/aromatic N) is 1. The number of anilines is 1. The summed E-state index contributed by atoms with van der Waals surface area (Å²) in [6, 6.07) is 14.6. The van der Waals surface area contributed by atoms with E-state index in [2.05, 4.69) is 4.72 Å². The number of carbonyl (C=O) groups is 1. The van der Waals surface area contributed by atoms with Crippen LogP contribution in [0.4, 0.5) is 10.1 Å². The quantitative estimate of drug-likeness (QED) is 0.498. The predicted octanol–water partition coefficient (Wildman–Crippen LogP) is 4.57. The Morgan fingerprint density at radius 2 is 1.73 bits per heavy atom. The highest BCUT2D eigenvalue weighted by atomic mass is 35.5. The van der Waals surface area contributed by atoms with Gasteiger partial charge in [0.25, 0.3) is 15.9 Å². The molecule has 0 saturated carbocycles. The van der Waals surface area contributed by atoms with Crippen molar-refractivity contribution in [3.8, 4) is 11.5 Å². The molecule has 0 fully saturated rings. The van der Waals surface area contributed by atoms with Crippen molar-refractivity contribution in [2.24, 2.45) is 0 Å². The first-order chi connectivity index (χ1) is 15.6. The normalized spacial score (nSPS) is 11.1. The number of methoxy groups -OCH3 is 2. The molecule has 0 unspecified atom stereocenters. The first-order valence-corrected chi connectivity index (χ1v) is 11.5. The lowest BCUT2D eigenvalue weighted by Crippen LogP contribution is -2.26. The van der Waals surface area contributed by atoms with Crippen LogP contribution in [0, 0.1) is 5.82 Å². The van der Waals surface area contributed by atoms with E-state index in [9.17, 15) is 17.6 Å². The molecule has 7 nitrogen and oxygen atoms in total. The molecule has 0 spiro atoms. The van der Waals surface area contributed by atoms with E-state index in [1.807, 2.05) is 0 Å². The van der Waals surface area contributed by atoms with Crippen LogP contribution in [-0.4, -0.2) is 40.5 Å². The molecular formula is C23H22ClFN2O5S. The Kier molecular flexibility index (Phi) is 7.45. The van der Waals surface area contributed by atoms with Crippen molar-refractivity contribution >= 4 is 33.2 Å². The van der Waals surface area contributed by atoms with Gasteiger partial charge in [0.15, 0.2) is 11.6 Å². The lowest BCUT2D eigenvalue weighted by molar-refractivity contribution is 0.0784. The number of benzene rings is 3. The number of hydrogen-bond donors (Lipinski definition) is 1. The minimum atomic E-state index is -4.04. The maximum atomic E-state index is 13.9. The van der Waals surface area contributed by atoms with Gasteiger partial charge in [0.1, 0.15) is 5.75 Å². The van der Waals surface area contributed by atoms with E-state index in [0.29, 0.717) is 16.3 Å². The van der Waals surface area contributed by atoms with E-state index in [1.54, 1.807) is 19.2 Å². The molecule has 0 radical (unpaired) electrons. The summed E-state index contributed by atoms with van der Waals surface area (Å²) in [5.74, 6) is -0.564. The van der Waals surface area contributed by atoms with Crippen LogP contribution in [0.3, 0.4) is 0 Å². The standard InChI is InChI=1S/C23H22ClFN2O5S/c1-27(14-15-7-9-21(31-2)19(25)11-15)23(28)16-5-4-6-18(12-16)33(29,30)26-20-13-17(24)8-10-22(20)32-3/h4-13,26H,14H2,1-3H3. The van der Waals surface area contributed by atoms with Crippen LogP contribution < -0.4 is 14.2 Å². The Morgan fingerprint density at radius 3 is 2.39 bits per heavy atom. The fourth-order valence-electron chi connectivity index (χ4n) is 3.13. The Morgan fingerprint density at radius 1 is 1.03 bits per heavy atom. The van der Waals surface area contributed by atoms with Crippen molar-refractivity contribution in [1.29, 1.82) is 0 Å². The maximum absolute atomic E-state index is 13.9. The molecule has 0 aliphatic heterocycles. The van der Waals surface area contributed by atoms with Crippen molar-refractivity contribution in [3.63, 3.8) is 0 Å². The molecule has 10 heteroatoms. The molecule has 3 aromatic rings. The Bertz CT molecular complexity index is 1280. The van der Waals surface area contributed by atoms with Gasteiger partial charge in [-0.1, -0.05) is 23.7 Å². The predicted molar refractivity (Wildman–Crippen MR) is 124 cm³/mol. The van der Waals surface area contributed by atoms with Crippen LogP contribution >= 0.6 is 11.6 Å². The third-order valence-electron chi connectivity index (χ3n) is 4.78. The zero-order valence-corrected chi connectivity index (χ0v) is 19.7. The van der Waals surface area contributed by atoms with Crippen LogP contribution in [0.15, 0.2) is 65.6 Å². The van der Waals surface area contributed by atoms with Gasteiger partial charge >= 0.3 is 0 Å². The smallest absolute Gasteiger partial charge is 0.262 e. The molecule has 0 aromatic heterocycles. The van der Waals surface area contributed by atoms with Crippen LogP contribution in [-0.2, 0) is 16.6 Å². The van der Waals surface area contributed by atoms with Gasteiger partial charge in [-0.05, 0) is 54.1 Å². The summed E-state index contributed by atoms with van der Waals surface area (Å²) in [5.41, 5.74) is 0.885. The van der Waals surface area contributed by atoms with Crippen molar-refractivity contribution in [1.82, 2.24) is 4.90 Å². The molecule has 33 heavy (non-hydrogen) atoms. The molecule has 174 valence electrons. The van der Waals surface area contributed by atoms with Crippen molar-refractivity contribution in [3.05, 3.63) is 82.6 Å². The van der Waals surface area contributed by atoms with Gasteiger partial charge in [0.05, 0.1) is 24.8 Å². The van der Waals surface area contributed by atoms with Crippen molar-refractivity contribution < 1.29 is 27.1 Å². The molecule has 1 N–H and O–H groups in total. The second kappa shape index (κ2) is 10.1. The van der Waals surface area contributed by atoms with E-state index in [0.717, 1.165) is 0 Å². The highest BCUT2D eigenvalue weighted by molar-refractivity contribution is 7.92. The molecule has 0 aliphatic rings. The number of sulfonamides is 1. The van der Waals surface area contributed by atoms with Crippen LogP contribution in [0.5, 0.6) is 11.5 Å². The first-order valence-electron chi connectivity index (χ1n) is 9.69. The minimum absolute atomic E-state index is 0.106. The van der Waals surface area contributed by atoms with Gasteiger partial charge in [0, 0.05) is 24.2 Å². The molecular weight excluding hydrogens is 471 g/mol. The summed E-state index contributed by atoms with van der Waals surface area (Å²) >= 11 is 5.97. The topological polar surface area (TPSA) is 84.9 Å². The molecule has 3 aromatic carbocycles. The number of halogens is 2. The number of nitrogens with one attached hydrogen (secondary N) is 1. The van der Waals surface area contributed by atoms with Crippen molar-refractivity contribution in [2.75, 3.05) is 26.0 Å². The molecule has 0 aliphatic carbocycles. The SMILES string of the molecule is COc1ccc(CN(C)C(=O)c2cccc(S(=O)(=O)Nc3cc(Cl)ccc3OC)c2)cc1F. The Balaban J connectivity index is 1.81. The minimum Gasteiger partial charge on any atom is -0.495 e. The van der Waals surface area contributed by atoms with E-state index in [1.165, 1.54) is 67.7 Å². The Labute approximate surface area is 196 Å². The van der Waals surface area contributed by atoms with Gasteiger partial charge in [-0.15, -0.1) is 0 Å². The number of hydrogen-bond acceptors (Lipinski definition) is 5. The molecule has 0 atom stereocenters. The maximum Gasteiger partial charge on any atom is 0.262 e. The van der Waals surface area contributed by atoms with Gasteiger partial charge in [0.2, 0.25) is 0 Å². The summed E-state index contributed by atoms with van der Waals surface area (Å²) in [4.78, 5) is 14.1. The highest BCUT2D eigenvalue weighted by Crippen LogP contribution is 2.30. The number of ether oxygens (including phenoxy) is 2. The molecule has 3 rings (SSSR count). The van der Waals surface area contributed by atoms with Gasteiger partial charge in [-0.2, -0.15) is 0 Å². The summed E-state index contributed by atoms with van der Waals surface area (Å²) < 4.78 is 52.3.